The van der Waals surface area contributed by atoms with E-state index >= 15 is 0 Å². The van der Waals surface area contributed by atoms with Crippen LogP contribution in [0.4, 0.5) is 5.69 Å². The first-order valence-corrected chi connectivity index (χ1v) is 6.19. The molecule has 0 saturated heterocycles. The van der Waals surface area contributed by atoms with Crippen molar-refractivity contribution in [2.75, 3.05) is 0 Å². The average molecular weight is 273 g/mol. The van der Waals surface area contributed by atoms with Crippen LogP contribution in [0, 0.1) is 10.1 Å². The largest absolute Gasteiger partial charge is 0.312 e. The lowest BCUT2D eigenvalue weighted by Crippen LogP contribution is -2.02. The molecule has 0 unspecified atom stereocenters. The highest BCUT2D eigenvalue weighted by atomic mass is 32.1. The van der Waals surface area contributed by atoms with E-state index in [4.69, 9.17) is 0 Å². The summed E-state index contributed by atoms with van der Waals surface area (Å²) in [6.45, 7) is 0. The summed E-state index contributed by atoms with van der Waals surface area (Å²) in [4.78, 5) is 29.2. The molecule has 1 N–H and O–H groups in total. The van der Waals surface area contributed by atoms with Crippen LogP contribution in [0.25, 0.3) is 20.7 Å². The molecule has 0 aliphatic heterocycles. The number of nitro groups is 1. The lowest BCUT2D eigenvalue weighted by molar-refractivity contribution is -0.384. The van der Waals surface area contributed by atoms with Gasteiger partial charge in [0.2, 0.25) is 0 Å². The van der Waals surface area contributed by atoms with E-state index in [-0.39, 0.29) is 11.2 Å². The Morgan fingerprint density at radius 2 is 2.00 bits per heavy atom. The van der Waals surface area contributed by atoms with Gasteiger partial charge in [0, 0.05) is 17.0 Å². The molecule has 0 atom stereocenters. The molecule has 6 nitrogen and oxygen atoms in total. The van der Waals surface area contributed by atoms with Crippen molar-refractivity contribution in [1.82, 2.24) is 9.97 Å². The summed E-state index contributed by atoms with van der Waals surface area (Å²) in [5.41, 5.74) is 1.32. The lowest BCUT2D eigenvalue weighted by atomic mass is 10.2. The number of thiophene rings is 1. The third kappa shape index (κ3) is 2.00. The Balaban J connectivity index is 2.11. The van der Waals surface area contributed by atoms with Gasteiger partial charge in [0.1, 0.15) is 4.70 Å². The molecule has 0 amide bonds. The van der Waals surface area contributed by atoms with Gasteiger partial charge >= 0.3 is 0 Å². The number of hydrogen-bond acceptors (Lipinski definition) is 5. The molecule has 2 heterocycles. The Hall–Kier alpha value is -2.54. The summed E-state index contributed by atoms with van der Waals surface area (Å²) in [5.74, 6) is 0. The number of aromatic nitrogens is 2. The fourth-order valence-corrected chi connectivity index (χ4v) is 2.77. The number of nitro benzene ring substituents is 1. The molecule has 0 radical (unpaired) electrons. The van der Waals surface area contributed by atoms with Crippen molar-refractivity contribution in [3.8, 4) is 10.4 Å². The Morgan fingerprint density at radius 3 is 2.63 bits per heavy atom. The van der Waals surface area contributed by atoms with E-state index in [0.29, 0.717) is 10.2 Å². The maximum Gasteiger partial charge on any atom is 0.269 e. The Bertz CT molecular complexity index is 820. The SMILES string of the molecule is O=c1[nH]cnc2cc(-c3ccc([N+](=O)[O-])cc3)sc12. The van der Waals surface area contributed by atoms with E-state index in [2.05, 4.69) is 9.97 Å². The molecule has 2 aromatic heterocycles. The predicted molar refractivity (Wildman–Crippen MR) is 72.3 cm³/mol. The number of nitrogens with one attached hydrogen (secondary N) is 1. The van der Waals surface area contributed by atoms with Gasteiger partial charge in [-0.15, -0.1) is 11.3 Å². The van der Waals surface area contributed by atoms with Crippen LogP contribution in [0.2, 0.25) is 0 Å². The van der Waals surface area contributed by atoms with Crippen LogP contribution < -0.4 is 5.56 Å². The van der Waals surface area contributed by atoms with Crippen molar-refractivity contribution < 1.29 is 4.92 Å². The van der Waals surface area contributed by atoms with Crippen LogP contribution in [0.1, 0.15) is 0 Å². The van der Waals surface area contributed by atoms with Crippen molar-refractivity contribution in [3.05, 3.63) is 57.1 Å². The van der Waals surface area contributed by atoms with Gasteiger partial charge in [0.15, 0.2) is 0 Å². The van der Waals surface area contributed by atoms with E-state index in [1.807, 2.05) is 0 Å². The van der Waals surface area contributed by atoms with E-state index in [0.717, 1.165) is 10.4 Å². The normalized spacial score (nSPS) is 10.7. The molecule has 7 heteroatoms. The van der Waals surface area contributed by atoms with Crippen LogP contribution in [-0.2, 0) is 0 Å². The summed E-state index contributed by atoms with van der Waals surface area (Å²) < 4.78 is 0.552. The monoisotopic (exact) mass is 273 g/mol. The van der Waals surface area contributed by atoms with Gasteiger partial charge in [-0.3, -0.25) is 14.9 Å². The number of nitrogens with zero attached hydrogens (tertiary/aromatic N) is 2. The minimum absolute atomic E-state index is 0.0424. The minimum Gasteiger partial charge on any atom is -0.312 e. The molecule has 94 valence electrons. The van der Waals surface area contributed by atoms with Crippen molar-refractivity contribution in [3.63, 3.8) is 0 Å². The lowest BCUT2D eigenvalue weighted by Gasteiger charge is -1.95. The summed E-state index contributed by atoms with van der Waals surface area (Å²) >= 11 is 1.32. The summed E-state index contributed by atoms with van der Waals surface area (Å²) in [6.07, 6.45) is 1.36. The van der Waals surface area contributed by atoms with Gasteiger partial charge < -0.3 is 4.98 Å². The standard InChI is InChI=1S/C12H7N3O3S/c16-12-11-9(13-6-14-12)5-10(19-11)7-1-3-8(4-2-7)15(17)18/h1-6H,(H,13,14,16). The highest BCUT2D eigenvalue weighted by Gasteiger charge is 2.09. The molecule has 1 aromatic carbocycles. The third-order valence-electron chi connectivity index (χ3n) is 2.68. The van der Waals surface area contributed by atoms with Crippen LogP contribution in [0.3, 0.4) is 0 Å². The number of non-ortho nitro benzene ring substituents is 1. The first kappa shape index (κ1) is 11.5. The molecule has 3 rings (SSSR count). The van der Waals surface area contributed by atoms with Gasteiger partial charge in [-0.1, -0.05) is 0 Å². The average Bonchev–Trinajstić information content (AvgIpc) is 2.84. The summed E-state index contributed by atoms with van der Waals surface area (Å²) in [6, 6.07) is 8.01. The minimum atomic E-state index is -0.443. The van der Waals surface area contributed by atoms with Crippen LogP contribution in [0.15, 0.2) is 41.5 Å². The Morgan fingerprint density at radius 1 is 1.26 bits per heavy atom. The van der Waals surface area contributed by atoms with Gasteiger partial charge in [-0.05, 0) is 23.8 Å². The number of hydrogen-bond donors (Lipinski definition) is 1. The van der Waals surface area contributed by atoms with E-state index in [1.54, 1.807) is 18.2 Å². The van der Waals surface area contributed by atoms with Crippen LogP contribution >= 0.6 is 11.3 Å². The second kappa shape index (κ2) is 4.29. The van der Waals surface area contributed by atoms with Crippen LogP contribution in [-0.4, -0.2) is 14.9 Å². The fourth-order valence-electron chi connectivity index (χ4n) is 1.76. The highest BCUT2D eigenvalue weighted by Crippen LogP contribution is 2.31. The number of benzene rings is 1. The molecular formula is C12H7N3O3S. The predicted octanol–water partition coefficient (Wildman–Crippen LogP) is 2.56. The van der Waals surface area contributed by atoms with Crippen molar-refractivity contribution in [1.29, 1.82) is 0 Å². The van der Waals surface area contributed by atoms with Gasteiger partial charge in [0.25, 0.3) is 11.2 Å². The van der Waals surface area contributed by atoms with E-state index in [9.17, 15) is 14.9 Å². The maximum absolute atomic E-state index is 11.6. The molecule has 0 aliphatic rings. The van der Waals surface area contributed by atoms with Crippen molar-refractivity contribution in [2.45, 2.75) is 0 Å². The summed E-state index contributed by atoms with van der Waals surface area (Å²) in [7, 11) is 0. The number of H-pyrrole nitrogens is 1. The van der Waals surface area contributed by atoms with Crippen molar-refractivity contribution >= 4 is 27.2 Å². The molecule has 0 spiro atoms. The molecule has 19 heavy (non-hydrogen) atoms. The maximum atomic E-state index is 11.6. The van der Waals surface area contributed by atoms with E-state index in [1.165, 1.54) is 29.8 Å². The molecule has 0 fully saturated rings. The molecule has 0 saturated carbocycles. The Labute approximate surface area is 110 Å². The molecule has 3 aromatic rings. The second-order valence-corrected chi connectivity index (χ2v) is 4.91. The molecule has 0 bridgehead atoms. The Kier molecular flexibility index (Phi) is 2.60. The number of fused-ring (bicyclic) bond motifs is 1. The van der Waals surface area contributed by atoms with Gasteiger partial charge in [-0.2, -0.15) is 0 Å². The smallest absolute Gasteiger partial charge is 0.269 e. The zero-order valence-corrected chi connectivity index (χ0v) is 10.3. The zero-order valence-electron chi connectivity index (χ0n) is 9.49. The van der Waals surface area contributed by atoms with Crippen molar-refractivity contribution in [2.24, 2.45) is 0 Å². The summed E-state index contributed by atoms with van der Waals surface area (Å²) in [5, 5.41) is 10.6. The fraction of sp³-hybridized carbons (Fsp3) is 0. The second-order valence-electron chi connectivity index (χ2n) is 3.86. The first-order valence-electron chi connectivity index (χ1n) is 5.37. The molecular weight excluding hydrogens is 266 g/mol. The molecule has 0 aliphatic carbocycles. The third-order valence-corrected chi connectivity index (χ3v) is 3.85. The zero-order chi connectivity index (χ0) is 13.4. The van der Waals surface area contributed by atoms with Gasteiger partial charge in [-0.25, -0.2) is 4.98 Å². The van der Waals surface area contributed by atoms with E-state index < -0.39 is 4.92 Å². The number of aromatic amines is 1. The van der Waals surface area contributed by atoms with Gasteiger partial charge in [0.05, 0.1) is 16.8 Å². The first-order chi connectivity index (χ1) is 9.15. The quantitative estimate of drug-likeness (QED) is 0.574. The topological polar surface area (TPSA) is 88.9 Å². The highest BCUT2D eigenvalue weighted by molar-refractivity contribution is 7.22. The number of rotatable bonds is 2. The van der Waals surface area contributed by atoms with Crippen LogP contribution in [0.5, 0.6) is 0 Å².